The minimum atomic E-state index is -1.04. The predicted octanol–water partition coefficient (Wildman–Crippen LogP) is 3.29. The van der Waals surface area contributed by atoms with Gasteiger partial charge in [-0.25, -0.2) is 0 Å². The van der Waals surface area contributed by atoms with Crippen LogP contribution in [0.1, 0.15) is 60.3 Å². The van der Waals surface area contributed by atoms with Crippen LogP contribution in [-0.2, 0) is 9.47 Å². The number of hydrogen-bond acceptors (Lipinski definition) is 5. The molecular weight excluding hydrogens is 344 g/mol. The Labute approximate surface area is 164 Å². The molecule has 0 aromatic carbocycles. The summed E-state index contributed by atoms with van der Waals surface area (Å²) in [5.41, 5.74) is 3.99. The van der Waals surface area contributed by atoms with Crippen molar-refractivity contribution in [1.29, 1.82) is 0 Å². The van der Waals surface area contributed by atoms with Crippen molar-refractivity contribution in [2.24, 2.45) is 0 Å². The smallest absolute Gasteiger partial charge is 0.115 e. The Kier molecular flexibility index (Phi) is 11.1. The molecule has 0 aromatic rings. The summed E-state index contributed by atoms with van der Waals surface area (Å²) in [4.78, 5) is 0. The second kappa shape index (κ2) is 12.5. The fourth-order valence-electron chi connectivity index (χ4n) is 3.11. The molecule has 0 bridgehead atoms. The van der Waals surface area contributed by atoms with Gasteiger partial charge in [0.05, 0.1) is 19.3 Å². The average molecular weight is 383 g/mol. The summed E-state index contributed by atoms with van der Waals surface area (Å²) in [7, 11) is 0. The van der Waals surface area contributed by atoms with E-state index in [1.165, 1.54) is 16.7 Å². The van der Waals surface area contributed by atoms with E-state index in [0.717, 1.165) is 25.7 Å². The Balaban J connectivity index is 2.40. The molecule has 0 spiro atoms. The third-order valence-corrected chi connectivity index (χ3v) is 4.95. The van der Waals surface area contributed by atoms with Gasteiger partial charge in [0.15, 0.2) is 0 Å². The minimum Gasteiger partial charge on any atom is -0.394 e. The Bertz CT molecular complexity index is 519. The number of aliphatic hydroxyl groups excluding tert-OH is 3. The van der Waals surface area contributed by atoms with Gasteiger partial charge in [-0.2, -0.15) is 0 Å². The lowest BCUT2D eigenvalue weighted by Gasteiger charge is -2.40. The third kappa shape index (κ3) is 8.71. The zero-order valence-electron chi connectivity index (χ0n) is 17.5. The van der Waals surface area contributed by atoms with Crippen molar-refractivity contribution < 1.29 is 24.8 Å². The number of hydrogen-bond donors (Lipinski definition) is 3. The highest BCUT2D eigenvalue weighted by atomic mass is 16.6. The fourth-order valence-corrected chi connectivity index (χ4v) is 3.11. The lowest BCUT2D eigenvalue weighted by atomic mass is 9.96. The maximum absolute atomic E-state index is 10.2. The van der Waals surface area contributed by atoms with E-state index >= 15 is 0 Å². The molecule has 0 saturated carbocycles. The largest absolute Gasteiger partial charge is 0.394 e. The van der Waals surface area contributed by atoms with E-state index in [4.69, 9.17) is 9.47 Å². The highest BCUT2D eigenvalue weighted by Crippen LogP contribution is 2.23. The van der Waals surface area contributed by atoms with E-state index in [1.54, 1.807) is 6.92 Å². The van der Waals surface area contributed by atoms with Crippen molar-refractivity contribution in [2.75, 3.05) is 13.2 Å². The standard InChI is InChI=1S/C22H38O5/c1-15(2)8-6-9-16(3)10-7-11-17(4)12-13-26-22-20(24)18(5)27-19(14-23)21(22)25/h8,10,12,18-25H,6-7,9,11,13-14H2,1-5H3/b16-10+,17-12+/t18?,19?,20?,21?,22-/m1/s1. The molecule has 1 aliphatic heterocycles. The van der Waals surface area contributed by atoms with Crippen LogP contribution in [0, 0.1) is 0 Å². The number of allylic oxidation sites excluding steroid dienone is 5. The van der Waals surface area contributed by atoms with E-state index < -0.39 is 30.5 Å². The van der Waals surface area contributed by atoms with Gasteiger partial charge in [0, 0.05) is 0 Å². The van der Waals surface area contributed by atoms with Crippen LogP contribution in [0.25, 0.3) is 0 Å². The lowest BCUT2D eigenvalue weighted by molar-refractivity contribution is -0.234. The van der Waals surface area contributed by atoms with Gasteiger partial charge >= 0.3 is 0 Å². The molecule has 27 heavy (non-hydrogen) atoms. The predicted molar refractivity (Wildman–Crippen MR) is 109 cm³/mol. The third-order valence-electron chi connectivity index (χ3n) is 4.95. The van der Waals surface area contributed by atoms with Crippen molar-refractivity contribution in [3.05, 3.63) is 34.9 Å². The van der Waals surface area contributed by atoms with Gasteiger partial charge < -0.3 is 24.8 Å². The fraction of sp³-hybridized carbons (Fsp3) is 0.727. The molecule has 1 aliphatic rings. The van der Waals surface area contributed by atoms with Crippen molar-refractivity contribution in [3.8, 4) is 0 Å². The molecular formula is C22H38O5. The molecule has 0 radical (unpaired) electrons. The van der Waals surface area contributed by atoms with Crippen molar-refractivity contribution in [3.63, 3.8) is 0 Å². The molecule has 0 aliphatic carbocycles. The van der Waals surface area contributed by atoms with E-state index in [0.29, 0.717) is 6.61 Å². The van der Waals surface area contributed by atoms with Gasteiger partial charge in [-0.05, 0) is 60.3 Å². The van der Waals surface area contributed by atoms with Crippen LogP contribution in [0.5, 0.6) is 0 Å². The van der Waals surface area contributed by atoms with Crippen LogP contribution in [0.2, 0.25) is 0 Å². The first-order valence-electron chi connectivity index (χ1n) is 9.95. The molecule has 5 atom stereocenters. The first-order valence-corrected chi connectivity index (χ1v) is 9.95. The summed E-state index contributed by atoms with van der Waals surface area (Å²) in [6.07, 6.45) is 6.76. The van der Waals surface area contributed by atoms with E-state index in [1.807, 2.05) is 6.08 Å². The highest BCUT2D eigenvalue weighted by Gasteiger charge is 2.42. The van der Waals surface area contributed by atoms with E-state index in [9.17, 15) is 15.3 Å². The van der Waals surface area contributed by atoms with Gasteiger partial charge in [0.2, 0.25) is 0 Å². The Morgan fingerprint density at radius 3 is 2.11 bits per heavy atom. The maximum atomic E-state index is 10.2. The summed E-state index contributed by atoms with van der Waals surface area (Å²) in [6, 6.07) is 0. The van der Waals surface area contributed by atoms with Gasteiger partial charge in [-0.15, -0.1) is 0 Å². The summed E-state index contributed by atoms with van der Waals surface area (Å²) in [5.74, 6) is 0. The van der Waals surface area contributed by atoms with E-state index in [2.05, 4.69) is 39.8 Å². The van der Waals surface area contributed by atoms with Gasteiger partial charge in [-0.1, -0.05) is 34.9 Å². The molecule has 5 heteroatoms. The quantitative estimate of drug-likeness (QED) is 0.505. The van der Waals surface area contributed by atoms with Crippen LogP contribution in [0.3, 0.4) is 0 Å². The van der Waals surface area contributed by atoms with Crippen molar-refractivity contribution in [2.45, 2.75) is 90.8 Å². The SMILES string of the molecule is CC(C)=CCC/C(C)=C/CC/C(C)=C/CO[C@@H]1C(O)C(C)OC(CO)C1O. The molecule has 1 saturated heterocycles. The van der Waals surface area contributed by atoms with Gasteiger partial charge in [0.1, 0.15) is 24.4 Å². The minimum absolute atomic E-state index is 0.299. The van der Waals surface area contributed by atoms with Crippen LogP contribution in [0.15, 0.2) is 34.9 Å². The normalized spacial score (nSPS) is 29.7. The topological polar surface area (TPSA) is 79.2 Å². The first-order chi connectivity index (χ1) is 12.8. The molecule has 156 valence electrons. The summed E-state index contributed by atoms with van der Waals surface area (Å²) in [6.45, 7) is 10.2. The monoisotopic (exact) mass is 382 g/mol. The molecule has 5 nitrogen and oxygen atoms in total. The Hall–Kier alpha value is -0.980. The average Bonchev–Trinajstić information content (AvgIpc) is 2.60. The molecule has 4 unspecified atom stereocenters. The first kappa shape index (κ1) is 24.1. The zero-order chi connectivity index (χ0) is 20.4. The zero-order valence-corrected chi connectivity index (χ0v) is 17.5. The molecule has 1 rings (SSSR count). The second-order valence-electron chi connectivity index (χ2n) is 7.80. The summed E-state index contributed by atoms with van der Waals surface area (Å²) < 4.78 is 11.1. The molecule has 3 N–H and O–H groups in total. The van der Waals surface area contributed by atoms with Gasteiger partial charge in [-0.3, -0.25) is 0 Å². The molecule has 0 amide bonds. The number of aliphatic hydroxyl groups is 3. The van der Waals surface area contributed by atoms with Crippen molar-refractivity contribution in [1.82, 2.24) is 0 Å². The Morgan fingerprint density at radius 2 is 1.52 bits per heavy atom. The lowest BCUT2D eigenvalue weighted by Crippen LogP contribution is -2.58. The molecule has 1 fully saturated rings. The number of rotatable bonds is 10. The second-order valence-corrected chi connectivity index (χ2v) is 7.80. The Morgan fingerprint density at radius 1 is 0.926 bits per heavy atom. The van der Waals surface area contributed by atoms with Crippen LogP contribution < -0.4 is 0 Å². The molecule has 0 aromatic heterocycles. The number of ether oxygens (including phenoxy) is 2. The van der Waals surface area contributed by atoms with Crippen molar-refractivity contribution >= 4 is 0 Å². The van der Waals surface area contributed by atoms with Crippen LogP contribution in [-0.4, -0.2) is 59.1 Å². The van der Waals surface area contributed by atoms with Gasteiger partial charge in [0.25, 0.3) is 0 Å². The summed E-state index contributed by atoms with van der Waals surface area (Å²) >= 11 is 0. The summed E-state index contributed by atoms with van der Waals surface area (Å²) in [5, 5.41) is 29.6. The maximum Gasteiger partial charge on any atom is 0.115 e. The highest BCUT2D eigenvalue weighted by molar-refractivity contribution is 5.05. The van der Waals surface area contributed by atoms with E-state index in [-0.39, 0.29) is 6.61 Å². The molecule has 1 heterocycles. The van der Waals surface area contributed by atoms with Crippen LogP contribution >= 0.6 is 0 Å². The van der Waals surface area contributed by atoms with Crippen LogP contribution in [0.4, 0.5) is 0 Å².